The summed E-state index contributed by atoms with van der Waals surface area (Å²) in [4.78, 5) is 10.9. The van der Waals surface area contributed by atoms with Crippen LogP contribution in [0.15, 0.2) is 0 Å². The van der Waals surface area contributed by atoms with Gasteiger partial charge in [0.25, 0.3) is 6.43 Å². The number of nitrogens with one attached hydrogen (secondary N) is 1. The van der Waals surface area contributed by atoms with Gasteiger partial charge in [0.2, 0.25) is 0 Å². The fourth-order valence-electron chi connectivity index (χ4n) is 0.661. The standard InChI is InChI=1S/C8H15F2NO2/c1-8(2,3)13-7(12)5-11-4-6(9)10/h6,11H,4-5H2,1-3H3. The van der Waals surface area contributed by atoms with E-state index in [1.54, 1.807) is 20.8 Å². The molecule has 78 valence electrons. The molecular weight excluding hydrogens is 180 g/mol. The lowest BCUT2D eigenvalue weighted by atomic mass is 10.2. The van der Waals surface area contributed by atoms with Gasteiger partial charge >= 0.3 is 5.97 Å². The second-order valence-electron chi connectivity index (χ2n) is 3.61. The number of esters is 1. The SMILES string of the molecule is CC(C)(C)OC(=O)CNCC(F)F. The number of halogens is 2. The van der Waals surface area contributed by atoms with Crippen LogP contribution in [0.2, 0.25) is 0 Å². The van der Waals surface area contributed by atoms with E-state index < -0.39 is 24.5 Å². The minimum Gasteiger partial charge on any atom is -0.459 e. The lowest BCUT2D eigenvalue weighted by Gasteiger charge is -2.19. The second-order valence-corrected chi connectivity index (χ2v) is 3.61. The Morgan fingerprint density at radius 1 is 1.46 bits per heavy atom. The summed E-state index contributed by atoms with van der Waals surface area (Å²) >= 11 is 0. The third-order valence-corrected chi connectivity index (χ3v) is 0.988. The van der Waals surface area contributed by atoms with E-state index in [9.17, 15) is 13.6 Å². The molecule has 0 bridgehead atoms. The molecule has 13 heavy (non-hydrogen) atoms. The van der Waals surface area contributed by atoms with Crippen molar-refractivity contribution in [3.63, 3.8) is 0 Å². The van der Waals surface area contributed by atoms with Gasteiger partial charge < -0.3 is 10.1 Å². The minimum atomic E-state index is -2.44. The molecule has 0 fully saturated rings. The molecule has 0 aromatic heterocycles. The lowest BCUT2D eigenvalue weighted by molar-refractivity contribution is -0.153. The number of hydrogen-bond donors (Lipinski definition) is 1. The van der Waals surface area contributed by atoms with Crippen LogP contribution in [0.25, 0.3) is 0 Å². The van der Waals surface area contributed by atoms with Gasteiger partial charge in [-0.1, -0.05) is 0 Å². The molecule has 5 heteroatoms. The van der Waals surface area contributed by atoms with Crippen molar-refractivity contribution in [1.82, 2.24) is 5.32 Å². The average molecular weight is 195 g/mol. The highest BCUT2D eigenvalue weighted by Gasteiger charge is 2.15. The van der Waals surface area contributed by atoms with Crippen LogP contribution in [0.3, 0.4) is 0 Å². The molecule has 0 radical (unpaired) electrons. The maximum absolute atomic E-state index is 11.6. The van der Waals surface area contributed by atoms with Crippen molar-refractivity contribution < 1.29 is 18.3 Å². The Balaban J connectivity index is 3.53. The van der Waals surface area contributed by atoms with E-state index in [-0.39, 0.29) is 6.54 Å². The summed E-state index contributed by atoms with van der Waals surface area (Å²) < 4.78 is 28.1. The number of alkyl halides is 2. The zero-order valence-electron chi connectivity index (χ0n) is 8.06. The van der Waals surface area contributed by atoms with Gasteiger partial charge in [0.05, 0.1) is 13.1 Å². The first kappa shape index (κ1) is 12.3. The van der Waals surface area contributed by atoms with Crippen LogP contribution in [0.4, 0.5) is 8.78 Å². The summed E-state index contributed by atoms with van der Waals surface area (Å²) in [6.45, 7) is 4.49. The molecular formula is C8H15F2NO2. The quantitative estimate of drug-likeness (QED) is 0.684. The molecule has 0 amide bonds. The maximum Gasteiger partial charge on any atom is 0.320 e. The van der Waals surface area contributed by atoms with Crippen molar-refractivity contribution in [2.75, 3.05) is 13.1 Å². The van der Waals surface area contributed by atoms with E-state index >= 15 is 0 Å². The number of rotatable bonds is 4. The molecule has 0 rings (SSSR count). The van der Waals surface area contributed by atoms with Gasteiger partial charge in [-0.15, -0.1) is 0 Å². The largest absolute Gasteiger partial charge is 0.459 e. The van der Waals surface area contributed by atoms with Crippen molar-refractivity contribution in [3.8, 4) is 0 Å². The van der Waals surface area contributed by atoms with Crippen LogP contribution in [0, 0.1) is 0 Å². The average Bonchev–Trinajstić information content (AvgIpc) is 1.81. The zero-order valence-corrected chi connectivity index (χ0v) is 8.06. The summed E-state index contributed by atoms with van der Waals surface area (Å²) in [5.74, 6) is -0.520. The lowest BCUT2D eigenvalue weighted by Crippen LogP contribution is -2.33. The third-order valence-electron chi connectivity index (χ3n) is 0.988. The third kappa shape index (κ3) is 9.20. The van der Waals surface area contributed by atoms with Crippen molar-refractivity contribution >= 4 is 5.97 Å². The van der Waals surface area contributed by atoms with Crippen molar-refractivity contribution in [2.45, 2.75) is 32.8 Å². The Kier molecular flexibility index (Phi) is 4.83. The topological polar surface area (TPSA) is 38.3 Å². The van der Waals surface area contributed by atoms with Crippen molar-refractivity contribution in [3.05, 3.63) is 0 Å². The molecule has 0 aromatic rings. The summed E-state index contributed by atoms with van der Waals surface area (Å²) in [7, 11) is 0. The Morgan fingerprint density at radius 3 is 2.38 bits per heavy atom. The number of hydrogen-bond acceptors (Lipinski definition) is 3. The fourth-order valence-corrected chi connectivity index (χ4v) is 0.661. The number of carbonyl (C=O) groups is 1. The van der Waals surface area contributed by atoms with Crippen LogP contribution in [0.5, 0.6) is 0 Å². The van der Waals surface area contributed by atoms with E-state index in [0.29, 0.717) is 0 Å². The molecule has 1 N–H and O–H groups in total. The van der Waals surface area contributed by atoms with Crippen LogP contribution in [0.1, 0.15) is 20.8 Å². The molecule has 0 saturated carbocycles. The predicted molar refractivity (Wildman–Crippen MR) is 44.7 cm³/mol. The summed E-state index contributed by atoms with van der Waals surface area (Å²) in [6, 6.07) is 0. The van der Waals surface area contributed by atoms with Crippen molar-refractivity contribution in [1.29, 1.82) is 0 Å². The molecule has 0 saturated heterocycles. The van der Waals surface area contributed by atoms with Gasteiger partial charge in [-0.3, -0.25) is 4.79 Å². The Hall–Kier alpha value is -0.710. The molecule has 0 heterocycles. The molecule has 0 spiro atoms. The maximum atomic E-state index is 11.6. The van der Waals surface area contributed by atoms with Crippen LogP contribution >= 0.6 is 0 Å². The Bertz CT molecular complexity index is 166. The smallest absolute Gasteiger partial charge is 0.320 e. The van der Waals surface area contributed by atoms with Crippen LogP contribution in [-0.2, 0) is 9.53 Å². The van der Waals surface area contributed by atoms with Crippen molar-refractivity contribution in [2.24, 2.45) is 0 Å². The van der Waals surface area contributed by atoms with E-state index in [1.807, 2.05) is 0 Å². The zero-order chi connectivity index (χ0) is 10.5. The highest BCUT2D eigenvalue weighted by Crippen LogP contribution is 2.06. The first-order chi connectivity index (χ1) is 5.81. The molecule has 0 aliphatic carbocycles. The van der Waals surface area contributed by atoms with Gasteiger partial charge in [-0.2, -0.15) is 0 Å². The van der Waals surface area contributed by atoms with Gasteiger partial charge in [-0.25, -0.2) is 8.78 Å². The van der Waals surface area contributed by atoms with Crippen LogP contribution in [-0.4, -0.2) is 31.1 Å². The molecule has 0 aromatic carbocycles. The summed E-state index contributed by atoms with van der Waals surface area (Å²) in [5.41, 5.74) is -0.566. The highest BCUT2D eigenvalue weighted by atomic mass is 19.3. The molecule has 0 atom stereocenters. The van der Waals surface area contributed by atoms with E-state index in [0.717, 1.165) is 0 Å². The van der Waals surface area contributed by atoms with Gasteiger partial charge in [0.1, 0.15) is 5.60 Å². The molecule has 3 nitrogen and oxygen atoms in total. The highest BCUT2D eigenvalue weighted by molar-refractivity contribution is 5.72. The normalized spacial score (nSPS) is 11.8. The monoisotopic (exact) mass is 195 g/mol. The molecule has 0 unspecified atom stereocenters. The van der Waals surface area contributed by atoms with Crippen LogP contribution < -0.4 is 5.32 Å². The minimum absolute atomic E-state index is 0.179. The van der Waals surface area contributed by atoms with Gasteiger partial charge in [-0.05, 0) is 20.8 Å². The van der Waals surface area contributed by atoms with Gasteiger partial charge in [0, 0.05) is 0 Å². The molecule has 0 aliphatic rings. The first-order valence-corrected chi connectivity index (χ1v) is 4.02. The summed E-state index contributed by atoms with van der Waals surface area (Å²) in [6.07, 6.45) is -2.44. The number of carbonyl (C=O) groups excluding carboxylic acids is 1. The van der Waals surface area contributed by atoms with Gasteiger partial charge in [0.15, 0.2) is 0 Å². The second kappa shape index (κ2) is 5.11. The fraction of sp³-hybridized carbons (Fsp3) is 0.875. The predicted octanol–water partition coefficient (Wildman–Crippen LogP) is 1.18. The van der Waals surface area contributed by atoms with E-state index in [1.165, 1.54) is 0 Å². The van der Waals surface area contributed by atoms with E-state index in [4.69, 9.17) is 4.74 Å². The Morgan fingerprint density at radius 2 is 2.00 bits per heavy atom. The molecule has 0 aliphatic heterocycles. The Labute approximate surface area is 76.4 Å². The summed E-state index contributed by atoms with van der Waals surface area (Å²) in [5, 5.41) is 2.28. The first-order valence-electron chi connectivity index (χ1n) is 4.02. The van der Waals surface area contributed by atoms with E-state index in [2.05, 4.69) is 5.32 Å². The number of ether oxygens (including phenoxy) is 1.